The van der Waals surface area contributed by atoms with Gasteiger partial charge in [-0.2, -0.15) is 0 Å². The lowest BCUT2D eigenvalue weighted by molar-refractivity contribution is 0.0980. The zero-order valence-electron chi connectivity index (χ0n) is 16.3. The number of hydrogen-bond donors (Lipinski definition) is 2. The van der Waals surface area contributed by atoms with Gasteiger partial charge in [-0.05, 0) is 37.8 Å². The van der Waals surface area contributed by atoms with Gasteiger partial charge in [0, 0.05) is 49.3 Å². The molecule has 2 N–H and O–H groups in total. The van der Waals surface area contributed by atoms with Gasteiger partial charge in [0.25, 0.3) is 0 Å². The number of aliphatic hydroxyl groups is 2. The van der Waals surface area contributed by atoms with E-state index in [0.717, 1.165) is 53.9 Å². The molecule has 5 heteroatoms. The molecular weight excluding hydrogens is 338 g/mol. The lowest BCUT2D eigenvalue weighted by Crippen LogP contribution is -2.56. The van der Waals surface area contributed by atoms with Crippen molar-refractivity contribution in [3.63, 3.8) is 0 Å². The number of pyridine rings is 1. The number of rotatable bonds is 5. The number of aliphatic hydroxyl groups excluding tert-OH is 2. The van der Waals surface area contributed by atoms with E-state index in [4.69, 9.17) is 4.98 Å². The van der Waals surface area contributed by atoms with Gasteiger partial charge in [-0.3, -0.25) is 4.90 Å². The molecule has 1 saturated heterocycles. The Hall–Kier alpha value is -1.69. The summed E-state index contributed by atoms with van der Waals surface area (Å²) in [6.45, 7) is 5.11. The highest BCUT2D eigenvalue weighted by atomic mass is 16.3. The van der Waals surface area contributed by atoms with Crippen LogP contribution in [-0.4, -0.2) is 58.4 Å². The minimum atomic E-state index is -0.000277. The lowest BCUT2D eigenvalue weighted by Gasteiger charge is -2.45. The van der Waals surface area contributed by atoms with Gasteiger partial charge in [0.2, 0.25) is 0 Å². The molecule has 146 valence electrons. The Balaban J connectivity index is 1.63. The molecule has 27 heavy (non-hydrogen) atoms. The molecule has 2 fully saturated rings. The Morgan fingerprint density at radius 2 is 1.96 bits per heavy atom. The van der Waals surface area contributed by atoms with E-state index in [-0.39, 0.29) is 13.2 Å². The molecular formula is C22H31N3O2. The second-order valence-electron chi connectivity index (χ2n) is 8.06. The summed E-state index contributed by atoms with van der Waals surface area (Å²) in [6.07, 6.45) is 6.04. The van der Waals surface area contributed by atoms with E-state index in [1.807, 2.05) is 6.07 Å². The topological polar surface area (TPSA) is 59.8 Å². The van der Waals surface area contributed by atoms with Crippen LogP contribution in [0.1, 0.15) is 43.2 Å². The Labute approximate surface area is 161 Å². The standard InChI is InChI=1S/C22H31N3O2/c1-16-5-4-6-17-13-18(15-27)22(23-21(16)17)24-10-11-25(19-7-2-3-8-19)20(14-24)9-12-26/h4-6,13,19-20,26-27H,2-3,7-12,14-15H2,1H3/t20-/m1/s1. The van der Waals surface area contributed by atoms with E-state index in [9.17, 15) is 10.2 Å². The molecule has 1 aliphatic heterocycles. The predicted octanol–water partition coefficient (Wildman–Crippen LogP) is 2.85. The number of fused-ring (bicyclic) bond motifs is 1. The first kappa shape index (κ1) is 18.7. The molecule has 4 rings (SSSR count). The van der Waals surface area contributed by atoms with Crippen LogP contribution in [0.3, 0.4) is 0 Å². The highest BCUT2D eigenvalue weighted by Crippen LogP contribution is 2.31. The normalized spacial score (nSPS) is 22.0. The summed E-state index contributed by atoms with van der Waals surface area (Å²) in [7, 11) is 0. The number of hydrogen-bond acceptors (Lipinski definition) is 5. The fourth-order valence-corrected chi connectivity index (χ4v) is 4.96. The van der Waals surface area contributed by atoms with Crippen LogP contribution in [0.4, 0.5) is 5.82 Å². The third-order valence-electron chi connectivity index (χ3n) is 6.36. The molecule has 0 spiro atoms. The Morgan fingerprint density at radius 1 is 1.15 bits per heavy atom. The zero-order chi connectivity index (χ0) is 18.8. The molecule has 1 saturated carbocycles. The van der Waals surface area contributed by atoms with Crippen molar-refractivity contribution in [1.82, 2.24) is 9.88 Å². The number of aromatic nitrogens is 1. The van der Waals surface area contributed by atoms with Crippen LogP contribution >= 0.6 is 0 Å². The molecule has 2 heterocycles. The summed E-state index contributed by atoms with van der Waals surface area (Å²) in [5.74, 6) is 0.910. The zero-order valence-corrected chi connectivity index (χ0v) is 16.3. The smallest absolute Gasteiger partial charge is 0.134 e. The molecule has 1 aromatic heterocycles. The first-order valence-corrected chi connectivity index (χ1v) is 10.3. The van der Waals surface area contributed by atoms with Gasteiger partial charge in [0.1, 0.15) is 5.82 Å². The minimum Gasteiger partial charge on any atom is -0.396 e. The van der Waals surface area contributed by atoms with Crippen LogP contribution in [0, 0.1) is 6.92 Å². The summed E-state index contributed by atoms with van der Waals surface area (Å²) in [5.41, 5.74) is 3.07. The number of para-hydroxylation sites is 1. The summed E-state index contributed by atoms with van der Waals surface area (Å²) < 4.78 is 0. The van der Waals surface area contributed by atoms with Crippen LogP contribution in [0.2, 0.25) is 0 Å². The number of aryl methyl sites for hydroxylation is 1. The summed E-state index contributed by atoms with van der Waals surface area (Å²) in [6, 6.07) is 9.29. The summed E-state index contributed by atoms with van der Waals surface area (Å²) >= 11 is 0. The van der Waals surface area contributed by atoms with Gasteiger partial charge in [-0.25, -0.2) is 4.98 Å². The SMILES string of the molecule is Cc1cccc2cc(CO)c(N3CCN(C4CCCC4)[C@H](CCO)C3)nc12. The van der Waals surface area contributed by atoms with Crippen LogP contribution in [0.15, 0.2) is 24.3 Å². The van der Waals surface area contributed by atoms with E-state index in [1.165, 1.54) is 25.7 Å². The maximum Gasteiger partial charge on any atom is 0.134 e. The molecule has 1 atom stereocenters. The first-order chi connectivity index (χ1) is 13.2. The fourth-order valence-electron chi connectivity index (χ4n) is 4.96. The maximum absolute atomic E-state index is 9.95. The molecule has 5 nitrogen and oxygen atoms in total. The summed E-state index contributed by atoms with van der Waals surface area (Å²) in [4.78, 5) is 9.92. The molecule has 0 radical (unpaired) electrons. The number of piperazine rings is 1. The Morgan fingerprint density at radius 3 is 2.70 bits per heavy atom. The van der Waals surface area contributed by atoms with E-state index in [2.05, 4.69) is 34.9 Å². The third kappa shape index (κ3) is 3.68. The molecule has 1 aliphatic carbocycles. The quantitative estimate of drug-likeness (QED) is 0.849. The van der Waals surface area contributed by atoms with Crippen molar-refractivity contribution in [2.45, 2.75) is 57.7 Å². The Kier molecular flexibility index (Phi) is 5.62. The van der Waals surface area contributed by atoms with Crippen LogP contribution < -0.4 is 4.90 Å². The van der Waals surface area contributed by atoms with Gasteiger partial charge in [-0.15, -0.1) is 0 Å². The van der Waals surface area contributed by atoms with E-state index in [1.54, 1.807) is 0 Å². The van der Waals surface area contributed by atoms with Gasteiger partial charge >= 0.3 is 0 Å². The number of nitrogens with zero attached hydrogens (tertiary/aromatic N) is 3. The number of anilines is 1. The van der Waals surface area contributed by atoms with E-state index < -0.39 is 0 Å². The van der Waals surface area contributed by atoms with Crippen LogP contribution in [0.25, 0.3) is 10.9 Å². The molecule has 0 unspecified atom stereocenters. The van der Waals surface area contributed by atoms with Gasteiger partial charge in [-0.1, -0.05) is 31.0 Å². The number of benzene rings is 1. The van der Waals surface area contributed by atoms with E-state index in [0.29, 0.717) is 12.1 Å². The second kappa shape index (κ2) is 8.13. The second-order valence-corrected chi connectivity index (χ2v) is 8.06. The van der Waals surface area contributed by atoms with Crippen molar-refractivity contribution < 1.29 is 10.2 Å². The fraction of sp³-hybridized carbons (Fsp3) is 0.591. The highest BCUT2D eigenvalue weighted by Gasteiger charge is 2.34. The van der Waals surface area contributed by atoms with Crippen molar-refractivity contribution in [3.8, 4) is 0 Å². The minimum absolute atomic E-state index is 0.000277. The average molecular weight is 370 g/mol. The molecule has 2 aliphatic rings. The van der Waals surface area contributed by atoms with Crippen molar-refractivity contribution in [2.75, 3.05) is 31.1 Å². The molecule has 2 aromatic rings. The first-order valence-electron chi connectivity index (χ1n) is 10.3. The van der Waals surface area contributed by atoms with Crippen molar-refractivity contribution in [1.29, 1.82) is 0 Å². The van der Waals surface area contributed by atoms with Crippen molar-refractivity contribution in [2.24, 2.45) is 0 Å². The van der Waals surface area contributed by atoms with Crippen molar-refractivity contribution >= 4 is 16.7 Å². The molecule has 0 bridgehead atoms. The van der Waals surface area contributed by atoms with Crippen LogP contribution in [0.5, 0.6) is 0 Å². The van der Waals surface area contributed by atoms with Crippen molar-refractivity contribution in [3.05, 3.63) is 35.4 Å². The monoisotopic (exact) mass is 369 g/mol. The summed E-state index contributed by atoms with van der Waals surface area (Å²) in [5, 5.41) is 20.7. The maximum atomic E-state index is 9.95. The highest BCUT2D eigenvalue weighted by molar-refractivity contribution is 5.84. The average Bonchev–Trinajstić information content (AvgIpc) is 3.22. The molecule has 1 aromatic carbocycles. The largest absolute Gasteiger partial charge is 0.396 e. The van der Waals surface area contributed by atoms with E-state index >= 15 is 0 Å². The lowest BCUT2D eigenvalue weighted by atomic mass is 10.0. The Bertz CT molecular complexity index is 788. The third-order valence-corrected chi connectivity index (χ3v) is 6.36. The van der Waals surface area contributed by atoms with Gasteiger partial charge < -0.3 is 15.1 Å². The van der Waals surface area contributed by atoms with Crippen LogP contribution in [-0.2, 0) is 6.61 Å². The van der Waals surface area contributed by atoms with Gasteiger partial charge in [0.05, 0.1) is 12.1 Å². The molecule has 0 amide bonds. The predicted molar refractivity (Wildman–Crippen MR) is 109 cm³/mol. The van der Waals surface area contributed by atoms with Gasteiger partial charge in [0.15, 0.2) is 0 Å².